The largest absolute Gasteiger partial charge is 0.432 e. The van der Waals surface area contributed by atoms with Crippen molar-refractivity contribution in [2.45, 2.75) is 29.6 Å². The Bertz CT molecular complexity index is 505. The molecule has 0 radical (unpaired) electrons. The number of aliphatic hydroxyl groups is 1. The lowest BCUT2D eigenvalue weighted by molar-refractivity contribution is 0.0494. The molecule has 90 valence electrons. The van der Waals surface area contributed by atoms with Gasteiger partial charge in [-0.15, -0.1) is 0 Å². The summed E-state index contributed by atoms with van der Waals surface area (Å²) >= 11 is 4.71. The van der Waals surface area contributed by atoms with Crippen LogP contribution >= 0.6 is 27.7 Å². The van der Waals surface area contributed by atoms with Crippen molar-refractivity contribution in [2.75, 3.05) is 0 Å². The molecule has 0 spiro atoms. The van der Waals surface area contributed by atoms with Gasteiger partial charge in [-0.05, 0) is 53.7 Å². The van der Waals surface area contributed by atoms with Gasteiger partial charge in [-0.1, -0.05) is 18.2 Å². The van der Waals surface area contributed by atoms with Crippen LogP contribution < -0.4 is 0 Å². The summed E-state index contributed by atoms with van der Waals surface area (Å²) in [5.41, 5.74) is -1.04. The Labute approximate surface area is 112 Å². The maximum absolute atomic E-state index is 9.88. The third kappa shape index (κ3) is 3.12. The van der Waals surface area contributed by atoms with Crippen molar-refractivity contribution in [3.8, 4) is 0 Å². The molecule has 17 heavy (non-hydrogen) atoms. The Kier molecular flexibility index (Phi) is 3.61. The van der Waals surface area contributed by atoms with E-state index < -0.39 is 5.60 Å². The van der Waals surface area contributed by atoms with E-state index in [0.29, 0.717) is 15.6 Å². The zero-order chi connectivity index (χ0) is 12.5. The Balaban J connectivity index is 2.24. The smallest absolute Gasteiger partial charge is 0.262 e. The summed E-state index contributed by atoms with van der Waals surface area (Å²) < 4.78 is 6.08. The summed E-state index contributed by atoms with van der Waals surface area (Å²) in [5.74, 6) is 0.441. The van der Waals surface area contributed by atoms with Crippen LogP contribution in [-0.2, 0) is 5.60 Å². The number of oxazole rings is 1. The quantitative estimate of drug-likeness (QED) is 0.935. The van der Waals surface area contributed by atoms with Crippen molar-refractivity contribution in [2.24, 2.45) is 0 Å². The Morgan fingerprint density at radius 3 is 2.47 bits per heavy atom. The summed E-state index contributed by atoms with van der Waals surface area (Å²) in [6.07, 6.45) is 0. The van der Waals surface area contributed by atoms with E-state index in [9.17, 15) is 5.11 Å². The van der Waals surface area contributed by atoms with Gasteiger partial charge in [-0.25, -0.2) is 0 Å². The second-order valence-electron chi connectivity index (χ2n) is 4.07. The van der Waals surface area contributed by atoms with Gasteiger partial charge in [0, 0.05) is 4.90 Å². The van der Waals surface area contributed by atoms with Gasteiger partial charge in [-0.3, -0.25) is 0 Å². The van der Waals surface area contributed by atoms with Gasteiger partial charge in [0.05, 0.1) is 0 Å². The maximum Gasteiger partial charge on any atom is 0.262 e. The van der Waals surface area contributed by atoms with Crippen LogP contribution in [0.15, 0.2) is 49.5 Å². The first-order valence-corrected chi connectivity index (χ1v) is 6.70. The molecule has 5 heteroatoms. The average Bonchev–Trinajstić information content (AvgIpc) is 2.60. The topological polar surface area (TPSA) is 46.3 Å². The summed E-state index contributed by atoms with van der Waals surface area (Å²) in [6, 6.07) is 9.82. The van der Waals surface area contributed by atoms with Gasteiger partial charge in [0.2, 0.25) is 0 Å². The minimum atomic E-state index is -1.04. The van der Waals surface area contributed by atoms with Gasteiger partial charge in [0.25, 0.3) is 5.22 Å². The Hall–Kier alpha value is -0.780. The van der Waals surface area contributed by atoms with E-state index in [-0.39, 0.29) is 0 Å². The third-order valence-electron chi connectivity index (χ3n) is 2.07. The van der Waals surface area contributed by atoms with Crippen LogP contribution in [-0.4, -0.2) is 10.1 Å². The normalized spacial score (nSPS) is 11.8. The molecular formula is C12H12BrNO2S. The molecule has 2 rings (SSSR count). The lowest BCUT2D eigenvalue weighted by atomic mass is 10.1. The molecule has 0 amide bonds. The zero-order valence-corrected chi connectivity index (χ0v) is 11.9. The van der Waals surface area contributed by atoms with Crippen LogP contribution in [0.25, 0.3) is 0 Å². The second kappa shape index (κ2) is 4.84. The summed E-state index contributed by atoms with van der Waals surface area (Å²) in [6.45, 7) is 3.32. The highest BCUT2D eigenvalue weighted by molar-refractivity contribution is 9.10. The van der Waals surface area contributed by atoms with Crippen molar-refractivity contribution in [3.63, 3.8) is 0 Å². The second-order valence-corrected chi connectivity index (χ2v) is 5.85. The number of rotatable bonds is 3. The van der Waals surface area contributed by atoms with Crippen molar-refractivity contribution in [1.29, 1.82) is 0 Å². The molecule has 0 atom stereocenters. The third-order valence-corrected chi connectivity index (χ3v) is 3.46. The number of benzene rings is 1. The van der Waals surface area contributed by atoms with Gasteiger partial charge >= 0.3 is 0 Å². The van der Waals surface area contributed by atoms with Crippen LogP contribution in [0.5, 0.6) is 0 Å². The summed E-state index contributed by atoms with van der Waals surface area (Å²) in [5, 5.41) is 10.4. The molecule has 2 aromatic rings. The molecular weight excluding hydrogens is 302 g/mol. The summed E-state index contributed by atoms with van der Waals surface area (Å²) in [7, 11) is 0. The number of hydrogen-bond donors (Lipinski definition) is 1. The minimum absolute atomic E-state index is 0.441. The fourth-order valence-electron chi connectivity index (χ4n) is 1.29. The van der Waals surface area contributed by atoms with Crippen molar-refractivity contribution in [1.82, 2.24) is 4.98 Å². The van der Waals surface area contributed by atoms with Gasteiger partial charge in [0.15, 0.2) is 10.4 Å². The average molecular weight is 314 g/mol. The fourth-order valence-corrected chi connectivity index (χ4v) is 2.89. The van der Waals surface area contributed by atoms with Crippen molar-refractivity contribution >= 4 is 27.7 Å². The van der Waals surface area contributed by atoms with Crippen molar-refractivity contribution in [3.05, 3.63) is 40.7 Å². The van der Waals surface area contributed by atoms with Gasteiger partial charge in [-0.2, -0.15) is 4.98 Å². The Morgan fingerprint density at radius 1 is 1.29 bits per heavy atom. The highest BCUT2D eigenvalue weighted by Gasteiger charge is 2.26. The monoisotopic (exact) mass is 313 g/mol. The van der Waals surface area contributed by atoms with E-state index >= 15 is 0 Å². The lowest BCUT2D eigenvalue weighted by Gasteiger charge is -2.12. The first kappa shape index (κ1) is 12.7. The molecule has 1 aromatic heterocycles. The SMILES string of the molecule is CC(C)(O)c1oc(Sc2ccccc2)nc1Br. The molecule has 0 fully saturated rings. The molecule has 0 bridgehead atoms. The van der Waals surface area contributed by atoms with Crippen LogP contribution in [0.2, 0.25) is 0 Å². The molecule has 3 nitrogen and oxygen atoms in total. The van der Waals surface area contributed by atoms with Crippen LogP contribution in [0, 0.1) is 0 Å². The molecule has 0 saturated carbocycles. The molecule has 1 aromatic carbocycles. The molecule has 1 heterocycles. The lowest BCUT2D eigenvalue weighted by Crippen LogP contribution is -2.14. The van der Waals surface area contributed by atoms with E-state index in [1.165, 1.54) is 11.8 Å². The van der Waals surface area contributed by atoms with Gasteiger partial charge < -0.3 is 9.52 Å². The predicted molar refractivity (Wildman–Crippen MR) is 70.0 cm³/mol. The standard InChI is InChI=1S/C12H12BrNO2S/c1-12(2,15)9-10(13)14-11(16-9)17-8-6-4-3-5-7-8/h3-7,15H,1-2H3. The fraction of sp³-hybridized carbons (Fsp3) is 0.250. The van der Waals surface area contributed by atoms with Gasteiger partial charge in [0.1, 0.15) is 5.60 Å². The molecule has 0 aliphatic heterocycles. The van der Waals surface area contributed by atoms with Crippen LogP contribution in [0.1, 0.15) is 19.6 Å². The number of halogens is 1. The zero-order valence-electron chi connectivity index (χ0n) is 9.48. The van der Waals surface area contributed by atoms with Crippen molar-refractivity contribution < 1.29 is 9.52 Å². The van der Waals surface area contributed by atoms with E-state index in [1.54, 1.807) is 13.8 Å². The number of aromatic nitrogens is 1. The first-order chi connectivity index (χ1) is 7.97. The molecule has 0 saturated heterocycles. The van der Waals surface area contributed by atoms with E-state index in [0.717, 1.165) is 4.90 Å². The maximum atomic E-state index is 9.88. The van der Waals surface area contributed by atoms with E-state index in [2.05, 4.69) is 20.9 Å². The minimum Gasteiger partial charge on any atom is -0.432 e. The molecule has 0 aliphatic carbocycles. The van der Waals surface area contributed by atoms with Crippen LogP contribution in [0.4, 0.5) is 0 Å². The molecule has 0 unspecified atom stereocenters. The molecule has 0 aliphatic rings. The predicted octanol–water partition coefficient (Wildman–Crippen LogP) is 3.82. The highest BCUT2D eigenvalue weighted by Crippen LogP contribution is 2.34. The summed E-state index contributed by atoms with van der Waals surface area (Å²) in [4.78, 5) is 5.27. The number of hydrogen-bond acceptors (Lipinski definition) is 4. The molecule has 1 N–H and O–H groups in total. The van der Waals surface area contributed by atoms with E-state index in [1.807, 2.05) is 30.3 Å². The van der Waals surface area contributed by atoms with Crippen LogP contribution in [0.3, 0.4) is 0 Å². The first-order valence-electron chi connectivity index (χ1n) is 5.09. The Morgan fingerprint density at radius 2 is 1.94 bits per heavy atom. The number of nitrogens with zero attached hydrogens (tertiary/aromatic N) is 1. The van der Waals surface area contributed by atoms with E-state index in [4.69, 9.17) is 4.42 Å². The highest BCUT2D eigenvalue weighted by atomic mass is 79.9.